The van der Waals surface area contributed by atoms with E-state index in [2.05, 4.69) is 25.2 Å². The quantitative estimate of drug-likeness (QED) is 0.720. The number of hydrogen-bond acceptors (Lipinski definition) is 4. The molecule has 1 atom stereocenters. The third-order valence-corrected chi connectivity index (χ3v) is 3.16. The smallest absolute Gasteiger partial charge is 0.322 e. The van der Waals surface area contributed by atoms with E-state index in [1.54, 1.807) is 7.11 Å². The standard InChI is InChI=1S/C15H25NO3/c1-11(2)8-14(15(17)19-4)16-10-12-6-5-7-13(9-12)18-3/h7,9,11,14,16H,5-6,8,10H2,1-4H3/t14-/m0/s1. The number of ether oxygens (including phenoxy) is 2. The number of rotatable bonds is 7. The van der Waals surface area contributed by atoms with E-state index in [0.717, 1.165) is 25.0 Å². The summed E-state index contributed by atoms with van der Waals surface area (Å²) >= 11 is 0. The molecular weight excluding hydrogens is 242 g/mol. The number of carbonyl (C=O) groups excluding carboxylic acids is 1. The first-order valence-corrected chi connectivity index (χ1v) is 6.81. The van der Waals surface area contributed by atoms with Gasteiger partial charge in [-0.05, 0) is 37.3 Å². The van der Waals surface area contributed by atoms with Crippen LogP contribution in [0, 0.1) is 5.92 Å². The highest BCUT2D eigenvalue weighted by atomic mass is 16.5. The summed E-state index contributed by atoms with van der Waals surface area (Å²) in [7, 11) is 3.11. The lowest BCUT2D eigenvalue weighted by atomic mass is 10.0. The first-order valence-electron chi connectivity index (χ1n) is 6.81. The maximum Gasteiger partial charge on any atom is 0.322 e. The van der Waals surface area contributed by atoms with Gasteiger partial charge in [0, 0.05) is 6.54 Å². The van der Waals surface area contributed by atoms with E-state index >= 15 is 0 Å². The molecule has 0 aliphatic heterocycles. The molecule has 0 saturated carbocycles. The highest BCUT2D eigenvalue weighted by Gasteiger charge is 2.20. The molecule has 0 saturated heterocycles. The molecule has 0 spiro atoms. The lowest BCUT2D eigenvalue weighted by molar-refractivity contribution is -0.143. The number of carbonyl (C=O) groups is 1. The molecule has 1 aliphatic rings. The Hall–Kier alpha value is -1.29. The predicted molar refractivity (Wildman–Crippen MR) is 75.7 cm³/mol. The summed E-state index contributed by atoms with van der Waals surface area (Å²) in [5.74, 6) is 1.17. The van der Waals surface area contributed by atoms with Gasteiger partial charge in [-0.25, -0.2) is 0 Å². The molecule has 4 nitrogen and oxygen atoms in total. The molecule has 0 aromatic heterocycles. The molecule has 1 aliphatic carbocycles. The topological polar surface area (TPSA) is 47.6 Å². The van der Waals surface area contributed by atoms with E-state index in [9.17, 15) is 4.79 Å². The van der Waals surface area contributed by atoms with Gasteiger partial charge in [0.1, 0.15) is 11.8 Å². The van der Waals surface area contributed by atoms with Crippen LogP contribution in [0.3, 0.4) is 0 Å². The second-order valence-corrected chi connectivity index (χ2v) is 5.24. The van der Waals surface area contributed by atoms with Gasteiger partial charge in [0.05, 0.1) is 14.2 Å². The summed E-state index contributed by atoms with van der Waals surface area (Å²) in [6, 6.07) is -0.234. The Labute approximate surface area is 115 Å². The fraction of sp³-hybridized carbons (Fsp3) is 0.667. The molecule has 0 radical (unpaired) electrons. The Morgan fingerprint density at radius 1 is 1.42 bits per heavy atom. The molecule has 19 heavy (non-hydrogen) atoms. The Balaban J connectivity index is 2.54. The van der Waals surface area contributed by atoms with Crippen molar-refractivity contribution in [2.45, 2.75) is 39.2 Å². The number of hydrogen-bond donors (Lipinski definition) is 1. The Bertz CT molecular complexity index is 358. The molecule has 108 valence electrons. The first kappa shape index (κ1) is 15.8. The number of esters is 1. The van der Waals surface area contributed by atoms with Crippen molar-refractivity contribution in [1.82, 2.24) is 5.32 Å². The summed E-state index contributed by atoms with van der Waals surface area (Å²) in [5.41, 5.74) is 1.26. The summed E-state index contributed by atoms with van der Waals surface area (Å²) in [4.78, 5) is 11.7. The van der Waals surface area contributed by atoms with Gasteiger partial charge in [-0.1, -0.05) is 19.4 Å². The molecule has 0 bridgehead atoms. The average Bonchev–Trinajstić information content (AvgIpc) is 2.42. The Morgan fingerprint density at radius 3 is 2.74 bits per heavy atom. The fourth-order valence-electron chi connectivity index (χ4n) is 2.14. The van der Waals surface area contributed by atoms with Gasteiger partial charge in [-0.3, -0.25) is 4.79 Å². The number of nitrogens with one attached hydrogen (secondary N) is 1. The molecule has 1 N–H and O–H groups in total. The van der Waals surface area contributed by atoms with Gasteiger partial charge in [0.15, 0.2) is 0 Å². The van der Waals surface area contributed by atoms with Gasteiger partial charge < -0.3 is 14.8 Å². The summed E-state index contributed by atoms with van der Waals surface area (Å²) in [6.07, 6.45) is 6.90. The van der Waals surface area contributed by atoms with Crippen molar-refractivity contribution in [2.24, 2.45) is 5.92 Å². The van der Waals surface area contributed by atoms with E-state index in [-0.39, 0.29) is 12.0 Å². The lowest BCUT2D eigenvalue weighted by Gasteiger charge is -2.20. The second kappa shape index (κ2) is 8.00. The Kier molecular flexibility index (Phi) is 6.64. The third kappa shape index (κ3) is 5.47. The van der Waals surface area contributed by atoms with Gasteiger partial charge in [0.2, 0.25) is 0 Å². The maximum absolute atomic E-state index is 11.7. The van der Waals surface area contributed by atoms with Crippen LogP contribution in [0.4, 0.5) is 0 Å². The van der Waals surface area contributed by atoms with Gasteiger partial charge >= 0.3 is 5.97 Å². The van der Waals surface area contributed by atoms with Crippen LogP contribution in [-0.4, -0.2) is 32.8 Å². The van der Waals surface area contributed by atoms with Crippen LogP contribution in [-0.2, 0) is 14.3 Å². The fourth-order valence-corrected chi connectivity index (χ4v) is 2.14. The maximum atomic E-state index is 11.7. The van der Waals surface area contributed by atoms with Crippen molar-refractivity contribution in [2.75, 3.05) is 20.8 Å². The predicted octanol–water partition coefficient (Wildman–Crippen LogP) is 2.41. The SMILES string of the molecule is COC(=O)[C@H](CC(C)C)NCC1=CC(OC)=CCC1. The van der Waals surface area contributed by atoms with Crippen LogP contribution in [0.15, 0.2) is 23.5 Å². The zero-order valence-corrected chi connectivity index (χ0v) is 12.4. The van der Waals surface area contributed by atoms with Crippen molar-refractivity contribution in [1.29, 1.82) is 0 Å². The molecule has 0 amide bonds. The van der Waals surface area contributed by atoms with Crippen molar-refractivity contribution in [3.63, 3.8) is 0 Å². The van der Waals surface area contributed by atoms with Gasteiger partial charge in [-0.15, -0.1) is 0 Å². The highest BCUT2D eigenvalue weighted by molar-refractivity contribution is 5.75. The van der Waals surface area contributed by atoms with E-state index in [1.165, 1.54) is 12.7 Å². The summed E-state index contributed by atoms with van der Waals surface area (Å²) in [5, 5.41) is 3.29. The molecule has 0 aromatic rings. The molecule has 4 heteroatoms. The van der Waals surface area contributed by atoms with Gasteiger partial charge in [-0.2, -0.15) is 0 Å². The van der Waals surface area contributed by atoms with Crippen molar-refractivity contribution >= 4 is 5.97 Å². The lowest BCUT2D eigenvalue weighted by Crippen LogP contribution is -2.39. The average molecular weight is 267 g/mol. The molecule has 0 unspecified atom stereocenters. The zero-order chi connectivity index (χ0) is 14.3. The van der Waals surface area contributed by atoms with E-state index in [0.29, 0.717) is 12.5 Å². The van der Waals surface area contributed by atoms with Crippen LogP contribution in [0.5, 0.6) is 0 Å². The third-order valence-electron chi connectivity index (χ3n) is 3.16. The van der Waals surface area contributed by atoms with E-state index in [1.807, 2.05) is 6.08 Å². The second-order valence-electron chi connectivity index (χ2n) is 5.24. The van der Waals surface area contributed by atoms with Crippen LogP contribution in [0.1, 0.15) is 33.1 Å². The number of allylic oxidation sites excluding steroid dienone is 2. The molecule has 0 heterocycles. The summed E-state index contributed by atoms with van der Waals surface area (Å²) < 4.78 is 10.1. The van der Waals surface area contributed by atoms with Gasteiger partial charge in [0.25, 0.3) is 0 Å². The first-order chi connectivity index (χ1) is 9.06. The highest BCUT2D eigenvalue weighted by Crippen LogP contribution is 2.17. The van der Waals surface area contributed by atoms with Crippen LogP contribution >= 0.6 is 0 Å². The minimum Gasteiger partial charge on any atom is -0.497 e. The number of methoxy groups -OCH3 is 2. The molecule has 0 aromatic carbocycles. The molecular formula is C15H25NO3. The van der Waals surface area contributed by atoms with E-state index in [4.69, 9.17) is 9.47 Å². The van der Waals surface area contributed by atoms with Crippen LogP contribution in [0.25, 0.3) is 0 Å². The molecule has 1 rings (SSSR count). The normalized spacial score (nSPS) is 16.7. The van der Waals surface area contributed by atoms with Crippen molar-refractivity contribution in [3.05, 3.63) is 23.5 Å². The minimum atomic E-state index is -0.234. The molecule has 0 fully saturated rings. The zero-order valence-electron chi connectivity index (χ0n) is 12.4. The van der Waals surface area contributed by atoms with Crippen molar-refractivity contribution in [3.8, 4) is 0 Å². The minimum absolute atomic E-state index is 0.187. The van der Waals surface area contributed by atoms with Crippen LogP contribution in [0.2, 0.25) is 0 Å². The van der Waals surface area contributed by atoms with Crippen LogP contribution < -0.4 is 5.32 Å². The van der Waals surface area contributed by atoms with E-state index < -0.39 is 0 Å². The summed E-state index contributed by atoms with van der Waals surface area (Å²) in [6.45, 7) is 4.90. The Morgan fingerprint density at radius 2 is 2.16 bits per heavy atom. The monoisotopic (exact) mass is 267 g/mol. The largest absolute Gasteiger partial charge is 0.497 e. The van der Waals surface area contributed by atoms with Crippen molar-refractivity contribution < 1.29 is 14.3 Å².